The summed E-state index contributed by atoms with van der Waals surface area (Å²) in [5.41, 5.74) is 0.0247. The van der Waals surface area contributed by atoms with Crippen molar-refractivity contribution in [1.82, 2.24) is 0 Å². The number of terminal acetylenes is 1. The standard InChI is InChI=1S/C9H12O/c1-3-4-5-8(10)9(2)6-7-9/h1H,4-7H2,2H3. The van der Waals surface area contributed by atoms with E-state index in [2.05, 4.69) is 5.92 Å². The van der Waals surface area contributed by atoms with Crippen LogP contribution in [0.5, 0.6) is 0 Å². The van der Waals surface area contributed by atoms with Gasteiger partial charge in [-0.15, -0.1) is 12.3 Å². The highest BCUT2D eigenvalue weighted by Crippen LogP contribution is 2.46. The van der Waals surface area contributed by atoms with Crippen LogP contribution in [0.3, 0.4) is 0 Å². The van der Waals surface area contributed by atoms with Crippen molar-refractivity contribution >= 4 is 5.78 Å². The summed E-state index contributed by atoms with van der Waals surface area (Å²) in [5, 5.41) is 0. The van der Waals surface area contributed by atoms with E-state index in [1.807, 2.05) is 6.92 Å². The molecule has 0 N–H and O–H groups in total. The van der Waals surface area contributed by atoms with E-state index >= 15 is 0 Å². The third kappa shape index (κ3) is 1.39. The molecular weight excluding hydrogens is 124 g/mol. The average Bonchev–Trinajstić information content (AvgIpc) is 2.64. The molecule has 0 aromatic rings. The predicted molar refractivity (Wildman–Crippen MR) is 40.4 cm³/mol. The molecule has 0 heterocycles. The Hall–Kier alpha value is -0.770. The molecule has 1 nitrogen and oxygen atoms in total. The molecule has 1 heteroatoms. The Morgan fingerprint density at radius 1 is 1.70 bits per heavy atom. The van der Waals surface area contributed by atoms with E-state index in [0.717, 1.165) is 12.8 Å². The first-order valence-electron chi connectivity index (χ1n) is 3.66. The molecule has 0 aromatic carbocycles. The molecule has 0 aliphatic heterocycles. The van der Waals surface area contributed by atoms with Crippen LogP contribution in [0.4, 0.5) is 0 Å². The van der Waals surface area contributed by atoms with Crippen molar-refractivity contribution in [3.05, 3.63) is 0 Å². The van der Waals surface area contributed by atoms with Crippen molar-refractivity contribution in [2.45, 2.75) is 32.6 Å². The minimum atomic E-state index is 0.0247. The summed E-state index contributed by atoms with van der Waals surface area (Å²) < 4.78 is 0. The normalized spacial score (nSPS) is 19.6. The zero-order valence-electron chi connectivity index (χ0n) is 6.31. The van der Waals surface area contributed by atoms with Crippen LogP contribution in [0.25, 0.3) is 0 Å². The van der Waals surface area contributed by atoms with Gasteiger partial charge < -0.3 is 0 Å². The SMILES string of the molecule is C#CCCC(=O)C1(C)CC1. The number of Topliss-reactive ketones (excluding diaryl/α,β-unsaturated/α-hetero) is 1. The Balaban J connectivity index is 2.30. The van der Waals surface area contributed by atoms with Gasteiger partial charge in [0.2, 0.25) is 0 Å². The second kappa shape index (κ2) is 2.46. The van der Waals surface area contributed by atoms with Crippen molar-refractivity contribution in [2.75, 3.05) is 0 Å². The average molecular weight is 136 g/mol. The molecule has 0 saturated heterocycles. The van der Waals surface area contributed by atoms with Crippen LogP contribution in [0.1, 0.15) is 32.6 Å². The molecule has 1 saturated carbocycles. The van der Waals surface area contributed by atoms with Gasteiger partial charge in [0.05, 0.1) is 0 Å². The lowest BCUT2D eigenvalue weighted by Crippen LogP contribution is -2.10. The Morgan fingerprint density at radius 3 is 2.70 bits per heavy atom. The lowest BCUT2D eigenvalue weighted by molar-refractivity contribution is -0.123. The summed E-state index contributed by atoms with van der Waals surface area (Å²) in [4.78, 5) is 11.2. The topological polar surface area (TPSA) is 17.1 Å². The predicted octanol–water partition coefficient (Wildman–Crippen LogP) is 1.77. The Morgan fingerprint density at radius 2 is 2.30 bits per heavy atom. The van der Waals surface area contributed by atoms with Gasteiger partial charge in [-0.05, 0) is 12.8 Å². The number of hydrogen-bond donors (Lipinski definition) is 0. The minimum Gasteiger partial charge on any atom is -0.299 e. The van der Waals surface area contributed by atoms with Gasteiger partial charge in [-0.1, -0.05) is 6.92 Å². The molecule has 0 amide bonds. The van der Waals surface area contributed by atoms with E-state index < -0.39 is 0 Å². The molecule has 0 atom stereocenters. The molecule has 0 aromatic heterocycles. The van der Waals surface area contributed by atoms with Gasteiger partial charge in [0, 0.05) is 18.3 Å². The van der Waals surface area contributed by atoms with Crippen molar-refractivity contribution in [1.29, 1.82) is 0 Å². The molecule has 0 radical (unpaired) electrons. The third-order valence-electron chi connectivity index (χ3n) is 2.17. The van der Waals surface area contributed by atoms with Gasteiger partial charge in [-0.3, -0.25) is 4.79 Å². The smallest absolute Gasteiger partial charge is 0.139 e. The Bertz CT molecular complexity index is 181. The molecule has 1 rings (SSSR count). The Labute approximate surface area is 61.8 Å². The van der Waals surface area contributed by atoms with Gasteiger partial charge >= 0.3 is 0 Å². The van der Waals surface area contributed by atoms with Crippen LogP contribution in [-0.4, -0.2) is 5.78 Å². The minimum absolute atomic E-state index is 0.0247. The molecular formula is C9H12O. The first-order valence-corrected chi connectivity index (χ1v) is 3.66. The van der Waals surface area contributed by atoms with Gasteiger partial charge in [0.25, 0.3) is 0 Å². The van der Waals surface area contributed by atoms with Crippen LogP contribution in [0.2, 0.25) is 0 Å². The van der Waals surface area contributed by atoms with Gasteiger partial charge in [0.1, 0.15) is 5.78 Å². The number of hydrogen-bond acceptors (Lipinski definition) is 1. The lowest BCUT2D eigenvalue weighted by atomic mass is 10.0. The number of carbonyl (C=O) groups excluding carboxylic acids is 1. The highest BCUT2D eigenvalue weighted by Gasteiger charge is 2.43. The summed E-state index contributed by atoms with van der Waals surface area (Å²) >= 11 is 0. The van der Waals surface area contributed by atoms with Crippen LogP contribution >= 0.6 is 0 Å². The van der Waals surface area contributed by atoms with E-state index in [1.165, 1.54) is 0 Å². The van der Waals surface area contributed by atoms with E-state index in [0.29, 0.717) is 18.6 Å². The van der Waals surface area contributed by atoms with Gasteiger partial charge in [-0.2, -0.15) is 0 Å². The van der Waals surface area contributed by atoms with Crippen molar-refractivity contribution in [3.63, 3.8) is 0 Å². The molecule has 0 spiro atoms. The monoisotopic (exact) mass is 136 g/mol. The summed E-state index contributed by atoms with van der Waals surface area (Å²) in [7, 11) is 0. The summed E-state index contributed by atoms with van der Waals surface area (Å²) in [6.07, 6.45) is 8.35. The van der Waals surface area contributed by atoms with E-state index in [1.54, 1.807) is 0 Å². The number of carbonyl (C=O) groups is 1. The van der Waals surface area contributed by atoms with E-state index in [4.69, 9.17) is 6.42 Å². The fourth-order valence-corrected chi connectivity index (χ4v) is 0.954. The summed E-state index contributed by atoms with van der Waals surface area (Å²) in [5.74, 6) is 2.83. The molecule has 0 bridgehead atoms. The second-order valence-electron chi connectivity index (χ2n) is 3.19. The molecule has 0 unspecified atom stereocenters. The van der Waals surface area contributed by atoms with Crippen LogP contribution < -0.4 is 0 Å². The first-order chi connectivity index (χ1) is 4.69. The van der Waals surface area contributed by atoms with Gasteiger partial charge in [-0.25, -0.2) is 0 Å². The zero-order chi connectivity index (χ0) is 7.61. The van der Waals surface area contributed by atoms with Gasteiger partial charge in [0.15, 0.2) is 0 Å². The summed E-state index contributed by atoms with van der Waals surface area (Å²) in [6.45, 7) is 2.02. The number of rotatable bonds is 3. The fraction of sp³-hybridized carbons (Fsp3) is 0.667. The van der Waals surface area contributed by atoms with Crippen molar-refractivity contribution < 1.29 is 4.79 Å². The molecule has 10 heavy (non-hydrogen) atoms. The maximum Gasteiger partial charge on any atom is 0.139 e. The van der Waals surface area contributed by atoms with E-state index in [9.17, 15) is 4.79 Å². The molecule has 1 aliphatic rings. The second-order valence-corrected chi connectivity index (χ2v) is 3.19. The largest absolute Gasteiger partial charge is 0.299 e. The quantitative estimate of drug-likeness (QED) is 0.540. The third-order valence-corrected chi connectivity index (χ3v) is 2.17. The fourth-order valence-electron chi connectivity index (χ4n) is 0.954. The zero-order valence-corrected chi connectivity index (χ0v) is 6.31. The number of ketones is 1. The van der Waals surface area contributed by atoms with Crippen LogP contribution in [-0.2, 0) is 4.79 Å². The summed E-state index contributed by atoms with van der Waals surface area (Å²) in [6, 6.07) is 0. The van der Waals surface area contributed by atoms with Crippen molar-refractivity contribution in [3.8, 4) is 12.3 Å². The van der Waals surface area contributed by atoms with Crippen LogP contribution in [0.15, 0.2) is 0 Å². The Kier molecular flexibility index (Phi) is 1.80. The highest BCUT2D eigenvalue weighted by atomic mass is 16.1. The van der Waals surface area contributed by atoms with Crippen LogP contribution in [0, 0.1) is 17.8 Å². The maximum atomic E-state index is 11.2. The molecule has 54 valence electrons. The molecule has 1 aliphatic carbocycles. The van der Waals surface area contributed by atoms with Crippen molar-refractivity contribution in [2.24, 2.45) is 5.41 Å². The maximum absolute atomic E-state index is 11.2. The highest BCUT2D eigenvalue weighted by molar-refractivity contribution is 5.86. The van der Waals surface area contributed by atoms with E-state index in [-0.39, 0.29) is 5.41 Å². The lowest BCUT2D eigenvalue weighted by Gasteiger charge is -2.02. The first kappa shape index (κ1) is 7.34. The molecule has 1 fully saturated rings.